The summed E-state index contributed by atoms with van der Waals surface area (Å²) in [6.07, 6.45) is 1.58. The highest BCUT2D eigenvalue weighted by Gasteiger charge is 2.33. The van der Waals surface area contributed by atoms with Crippen molar-refractivity contribution >= 4 is 51.9 Å². The number of carboxylic acid groups (broad SMARTS) is 1. The summed E-state index contributed by atoms with van der Waals surface area (Å²) in [6.45, 7) is -0.523. The number of hydrogen-bond acceptors (Lipinski definition) is 8. The number of aliphatic carboxylic acids is 1. The number of amides is 1. The molecular formula is C20H16N2O7S2. The minimum atomic E-state index is -1.15. The van der Waals surface area contributed by atoms with Crippen LogP contribution in [0.15, 0.2) is 47.4 Å². The molecule has 3 rings (SSSR count). The molecule has 1 N–H and O–H groups in total. The molecule has 9 nitrogen and oxygen atoms in total. The fraction of sp³-hybridized carbons (Fsp3) is 0.150. The number of thiocarbonyl (C=S) groups is 1. The van der Waals surface area contributed by atoms with Gasteiger partial charge in [0, 0.05) is 6.07 Å². The standard InChI is InChI=1S/C20H16N2O7S2/c1-28-16-8-12(9-17-19(25)21(10-18(23)24)20(30)31-17)6-7-15(16)29-11-13-4-2-3-5-14(13)22(26)27/h2-9H,10-11H2,1H3,(H,23,24)/b17-9-. The Balaban J connectivity index is 1.79. The summed E-state index contributed by atoms with van der Waals surface area (Å²) in [4.78, 5) is 35.3. The number of rotatable bonds is 8. The third-order valence-electron chi connectivity index (χ3n) is 4.22. The molecule has 2 aromatic carbocycles. The first-order chi connectivity index (χ1) is 14.8. The molecule has 0 unspecified atom stereocenters. The summed E-state index contributed by atoms with van der Waals surface area (Å²) < 4.78 is 11.2. The van der Waals surface area contributed by atoms with Crippen LogP contribution in [0.4, 0.5) is 5.69 Å². The average Bonchev–Trinajstić information content (AvgIpc) is 2.99. The number of nitro groups is 1. The number of para-hydroxylation sites is 1. The van der Waals surface area contributed by atoms with Crippen molar-refractivity contribution < 1.29 is 29.1 Å². The summed E-state index contributed by atoms with van der Waals surface area (Å²) in [5.41, 5.74) is 0.993. The lowest BCUT2D eigenvalue weighted by Crippen LogP contribution is -2.33. The fourth-order valence-electron chi connectivity index (χ4n) is 2.78. The maximum Gasteiger partial charge on any atom is 0.323 e. The lowest BCUT2D eigenvalue weighted by Gasteiger charge is -2.12. The van der Waals surface area contributed by atoms with Crippen LogP contribution < -0.4 is 9.47 Å². The van der Waals surface area contributed by atoms with Gasteiger partial charge in [-0.1, -0.05) is 42.2 Å². The van der Waals surface area contributed by atoms with Crippen molar-refractivity contribution in [2.45, 2.75) is 6.61 Å². The van der Waals surface area contributed by atoms with E-state index in [2.05, 4.69) is 0 Å². The third-order valence-corrected chi connectivity index (χ3v) is 5.60. The van der Waals surface area contributed by atoms with Gasteiger partial charge in [-0.05, 0) is 29.8 Å². The number of benzene rings is 2. The van der Waals surface area contributed by atoms with Crippen molar-refractivity contribution in [1.29, 1.82) is 0 Å². The predicted octanol–water partition coefficient (Wildman–Crippen LogP) is 3.47. The van der Waals surface area contributed by atoms with Crippen LogP contribution in [0.3, 0.4) is 0 Å². The lowest BCUT2D eigenvalue weighted by molar-refractivity contribution is -0.385. The van der Waals surface area contributed by atoms with E-state index in [-0.39, 0.29) is 16.6 Å². The van der Waals surface area contributed by atoms with Gasteiger partial charge in [-0.25, -0.2) is 0 Å². The summed E-state index contributed by atoms with van der Waals surface area (Å²) in [7, 11) is 1.45. The van der Waals surface area contributed by atoms with E-state index >= 15 is 0 Å². The number of ether oxygens (including phenoxy) is 2. The van der Waals surface area contributed by atoms with Crippen molar-refractivity contribution in [3.8, 4) is 11.5 Å². The van der Waals surface area contributed by atoms with Crippen molar-refractivity contribution in [3.63, 3.8) is 0 Å². The summed E-state index contributed by atoms with van der Waals surface area (Å²) in [5.74, 6) is -0.892. The molecule has 0 bridgehead atoms. The first-order valence-corrected chi connectivity index (χ1v) is 10.0. The second kappa shape index (κ2) is 9.58. The molecule has 1 saturated heterocycles. The highest BCUT2D eigenvalue weighted by molar-refractivity contribution is 8.26. The van der Waals surface area contributed by atoms with Gasteiger partial charge < -0.3 is 14.6 Å². The zero-order valence-corrected chi connectivity index (χ0v) is 17.8. The maximum absolute atomic E-state index is 12.4. The monoisotopic (exact) mass is 460 g/mol. The van der Waals surface area contributed by atoms with Gasteiger partial charge in [-0.3, -0.25) is 24.6 Å². The number of methoxy groups -OCH3 is 1. The Kier molecular flexibility index (Phi) is 6.88. The highest BCUT2D eigenvalue weighted by atomic mass is 32.2. The third kappa shape index (κ3) is 5.19. The molecule has 0 saturated carbocycles. The van der Waals surface area contributed by atoms with Gasteiger partial charge in [0.05, 0.1) is 22.5 Å². The number of carboxylic acids is 1. The molecule has 1 heterocycles. The van der Waals surface area contributed by atoms with E-state index in [0.717, 1.165) is 16.7 Å². The van der Waals surface area contributed by atoms with Gasteiger partial charge in [0.25, 0.3) is 11.6 Å². The zero-order valence-electron chi connectivity index (χ0n) is 16.1. The smallest absolute Gasteiger partial charge is 0.323 e. The number of carbonyl (C=O) groups excluding carboxylic acids is 1. The van der Waals surface area contributed by atoms with Gasteiger partial charge >= 0.3 is 5.97 Å². The van der Waals surface area contributed by atoms with Crippen LogP contribution in [0.5, 0.6) is 11.5 Å². The maximum atomic E-state index is 12.4. The molecule has 0 aromatic heterocycles. The Labute approximate surface area is 186 Å². The minimum Gasteiger partial charge on any atom is -0.493 e. The lowest BCUT2D eigenvalue weighted by atomic mass is 10.1. The number of carbonyl (C=O) groups is 2. The van der Waals surface area contributed by atoms with E-state index in [0.29, 0.717) is 27.5 Å². The summed E-state index contributed by atoms with van der Waals surface area (Å²) >= 11 is 6.10. The van der Waals surface area contributed by atoms with E-state index in [4.69, 9.17) is 26.8 Å². The molecule has 31 heavy (non-hydrogen) atoms. The van der Waals surface area contributed by atoms with Crippen molar-refractivity contribution in [2.75, 3.05) is 13.7 Å². The zero-order chi connectivity index (χ0) is 22.5. The van der Waals surface area contributed by atoms with E-state index < -0.39 is 23.3 Å². The summed E-state index contributed by atoms with van der Waals surface area (Å²) in [5, 5.41) is 20.1. The Morgan fingerprint density at radius 3 is 2.71 bits per heavy atom. The second-order valence-corrected chi connectivity index (χ2v) is 7.92. The van der Waals surface area contributed by atoms with Crippen LogP contribution in [0.1, 0.15) is 11.1 Å². The van der Waals surface area contributed by atoms with Crippen LogP contribution in [0, 0.1) is 10.1 Å². The number of nitro benzene ring substituents is 1. The first-order valence-electron chi connectivity index (χ1n) is 8.80. The van der Waals surface area contributed by atoms with Crippen LogP contribution in [0.25, 0.3) is 6.08 Å². The van der Waals surface area contributed by atoms with Gasteiger partial charge in [0.15, 0.2) is 11.5 Å². The quantitative estimate of drug-likeness (QED) is 0.273. The Morgan fingerprint density at radius 1 is 1.29 bits per heavy atom. The molecule has 160 valence electrons. The molecule has 2 aromatic rings. The number of hydrogen-bond donors (Lipinski definition) is 1. The highest BCUT2D eigenvalue weighted by Crippen LogP contribution is 2.35. The second-order valence-electron chi connectivity index (χ2n) is 6.25. The van der Waals surface area contributed by atoms with Crippen molar-refractivity contribution in [1.82, 2.24) is 4.90 Å². The topological polar surface area (TPSA) is 119 Å². The van der Waals surface area contributed by atoms with Crippen LogP contribution >= 0.6 is 24.0 Å². The molecule has 11 heteroatoms. The fourth-order valence-corrected chi connectivity index (χ4v) is 4.04. The van der Waals surface area contributed by atoms with Gasteiger partial charge in [-0.15, -0.1) is 0 Å². The van der Waals surface area contributed by atoms with E-state index in [1.165, 1.54) is 13.2 Å². The molecule has 0 aliphatic carbocycles. The minimum absolute atomic E-state index is 0.0271. The first kappa shape index (κ1) is 22.2. The van der Waals surface area contributed by atoms with E-state index in [9.17, 15) is 19.7 Å². The Bertz CT molecular complexity index is 1100. The van der Waals surface area contributed by atoms with Crippen molar-refractivity contribution in [3.05, 3.63) is 68.6 Å². The number of thioether (sulfide) groups is 1. The average molecular weight is 460 g/mol. The Morgan fingerprint density at radius 2 is 2.03 bits per heavy atom. The van der Waals surface area contributed by atoms with Gasteiger partial charge in [0.1, 0.15) is 17.5 Å². The molecule has 1 amide bonds. The van der Waals surface area contributed by atoms with E-state index in [1.54, 1.807) is 42.5 Å². The Hall–Kier alpha value is -3.44. The molecule has 1 fully saturated rings. The van der Waals surface area contributed by atoms with Gasteiger partial charge in [0.2, 0.25) is 0 Å². The van der Waals surface area contributed by atoms with Gasteiger partial charge in [-0.2, -0.15) is 0 Å². The predicted molar refractivity (Wildman–Crippen MR) is 118 cm³/mol. The van der Waals surface area contributed by atoms with Crippen molar-refractivity contribution in [2.24, 2.45) is 0 Å². The summed E-state index contributed by atoms with van der Waals surface area (Å²) in [6, 6.07) is 11.2. The van der Waals surface area contributed by atoms with Crippen LogP contribution in [0.2, 0.25) is 0 Å². The van der Waals surface area contributed by atoms with Crippen LogP contribution in [-0.4, -0.2) is 44.8 Å². The molecule has 1 aliphatic rings. The molecular weight excluding hydrogens is 444 g/mol. The number of nitrogens with zero attached hydrogens (tertiary/aromatic N) is 2. The molecule has 0 spiro atoms. The molecule has 0 radical (unpaired) electrons. The molecule has 1 aliphatic heterocycles. The SMILES string of the molecule is COc1cc(/C=C2\SC(=S)N(CC(=O)O)C2=O)ccc1OCc1ccccc1[N+](=O)[O-]. The largest absolute Gasteiger partial charge is 0.493 e. The van der Waals surface area contributed by atoms with E-state index in [1.807, 2.05) is 0 Å². The van der Waals surface area contributed by atoms with Crippen LogP contribution in [-0.2, 0) is 16.2 Å². The normalized spacial score (nSPS) is 14.7. The molecule has 0 atom stereocenters.